The molecule has 0 bridgehead atoms. The molecule has 3 aliphatic rings. The summed E-state index contributed by atoms with van der Waals surface area (Å²) >= 11 is 0. The van der Waals surface area contributed by atoms with Crippen LogP contribution in [-0.4, -0.2) is 82.0 Å². The van der Waals surface area contributed by atoms with Gasteiger partial charge in [-0.05, 0) is 63.8 Å². The first kappa shape index (κ1) is 27.3. The Balaban J connectivity index is 1.72. The maximum Gasteiger partial charge on any atom is 0.327 e. The molecule has 202 valence electrons. The van der Waals surface area contributed by atoms with E-state index in [-0.39, 0.29) is 18.0 Å². The van der Waals surface area contributed by atoms with Gasteiger partial charge in [0.1, 0.15) is 24.1 Å². The number of unbranched alkanes of at least 4 members (excludes halogenated alkanes) is 1. The molecule has 3 aliphatic heterocycles. The Morgan fingerprint density at radius 2 is 1.92 bits per heavy atom. The molecule has 1 unspecified atom stereocenters. The smallest absolute Gasteiger partial charge is 0.327 e. The molecule has 0 N–H and O–H groups in total. The van der Waals surface area contributed by atoms with Gasteiger partial charge in [-0.25, -0.2) is 8.42 Å². The Labute approximate surface area is 213 Å². The van der Waals surface area contributed by atoms with Crippen LogP contribution in [0.5, 0.6) is 5.75 Å². The molecule has 0 saturated carbocycles. The molecule has 4 rings (SSSR count). The molecule has 3 saturated heterocycles. The first-order valence-electron chi connectivity index (χ1n) is 12.6. The fraction of sp³-hybridized carbons (Fsp3) is 0.720. The van der Waals surface area contributed by atoms with E-state index >= 15 is 0 Å². The summed E-state index contributed by atoms with van der Waals surface area (Å²) in [5, 5.41) is 0. The number of carbonyl (C=O) groups excluding carboxylic acids is 1. The van der Waals surface area contributed by atoms with Gasteiger partial charge in [0, 0.05) is 13.2 Å². The molecule has 5 atom stereocenters. The molecular weight excluding hydrogens is 490 g/mol. The number of carbonyl (C=O) groups is 1. The molecule has 0 aromatic heterocycles. The molecule has 1 aromatic carbocycles. The van der Waals surface area contributed by atoms with Gasteiger partial charge in [-0.1, -0.05) is 13.3 Å². The highest BCUT2D eigenvalue weighted by Crippen LogP contribution is 2.40. The highest BCUT2D eigenvalue weighted by Gasteiger charge is 2.59. The summed E-state index contributed by atoms with van der Waals surface area (Å²) in [6.45, 7) is 6.14. The number of benzene rings is 1. The average molecular weight is 528 g/mol. The number of ether oxygens (including phenoxy) is 6. The lowest BCUT2D eigenvalue weighted by atomic mass is 9.95. The molecular formula is C25H37NO9S. The van der Waals surface area contributed by atoms with Crippen LogP contribution in [0.3, 0.4) is 0 Å². The SMILES string of the molecule is CCCCOC(=O)[C@H]1[C@H](OC2CCCCO2)[C@@H]2OC(C)(C)O[C@H]2CN1S(=O)(=O)c1ccc(OC)cc1. The average Bonchev–Trinajstić information content (AvgIpc) is 3.18. The van der Waals surface area contributed by atoms with E-state index in [1.165, 1.54) is 19.2 Å². The van der Waals surface area contributed by atoms with Gasteiger partial charge in [-0.2, -0.15) is 4.31 Å². The second-order valence-electron chi connectivity index (χ2n) is 9.75. The van der Waals surface area contributed by atoms with Crippen LogP contribution in [0.25, 0.3) is 0 Å². The van der Waals surface area contributed by atoms with E-state index in [1.807, 2.05) is 6.92 Å². The number of hydrogen-bond acceptors (Lipinski definition) is 9. The predicted molar refractivity (Wildman–Crippen MR) is 129 cm³/mol. The normalized spacial score (nSPS) is 30.5. The van der Waals surface area contributed by atoms with Crippen LogP contribution in [0.1, 0.15) is 52.9 Å². The highest BCUT2D eigenvalue weighted by atomic mass is 32.2. The Morgan fingerprint density at radius 3 is 2.56 bits per heavy atom. The van der Waals surface area contributed by atoms with Gasteiger partial charge in [0.05, 0.1) is 18.6 Å². The number of methoxy groups -OCH3 is 1. The lowest BCUT2D eigenvalue weighted by molar-refractivity contribution is -0.235. The van der Waals surface area contributed by atoms with Crippen LogP contribution in [0.4, 0.5) is 0 Å². The first-order chi connectivity index (χ1) is 17.2. The van der Waals surface area contributed by atoms with Crippen LogP contribution in [0.2, 0.25) is 0 Å². The van der Waals surface area contributed by atoms with Crippen molar-refractivity contribution in [3.8, 4) is 5.75 Å². The quantitative estimate of drug-likeness (QED) is 0.354. The molecule has 36 heavy (non-hydrogen) atoms. The van der Waals surface area contributed by atoms with Crippen molar-refractivity contribution in [2.24, 2.45) is 0 Å². The largest absolute Gasteiger partial charge is 0.497 e. The third-order valence-electron chi connectivity index (χ3n) is 6.62. The van der Waals surface area contributed by atoms with Crippen molar-refractivity contribution in [2.75, 3.05) is 26.9 Å². The van der Waals surface area contributed by atoms with E-state index in [9.17, 15) is 13.2 Å². The molecule has 0 aliphatic carbocycles. The van der Waals surface area contributed by atoms with Crippen molar-refractivity contribution in [1.82, 2.24) is 4.31 Å². The number of fused-ring (bicyclic) bond motifs is 1. The summed E-state index contributed by atoms with van der Waals surface area (Å²) in [6, 6.07) is 4.77. The van der Waals surface area contributed by atoms with Gasteiger partial charge < -0.3 is 28.4 Å². The molecule has 1 aromatic rings. The zero-order chi connectivity index (χ0) is 25.9. The zero-order valence-electron chi connectivity index (χ0n) is 21.4. The second-order valence-corrected chi connectivity index (χ2v) is 11.6. The van der Waals surface area contributed by atoms with Gasteiger partial charge in [0.2, 0.25) is 10.0 Å². The van der Waals surface area contributed by atoms with Crippen molar-refractivity contribution < 1.29 is 41.6 Å². The minimum absolute atomic E-state index is 0.0268. The summed E-state index contributed by atoms with van der Waals surface area (Å²) in [7, 11) is -2.64. The lowest BCUT2D eigenvalue weighted by Crippen LogP contribution is -2.66. The number of piperidine rings is 1. The van der Waals surface area contributed by atoms with Gasteiger partial charge in [0.25, 0.3) is 0 Å². The number of nitrogens with zero attached hydrogens (tertiary/aromatic N) is 1. The summed E-state index contributed by atoms with van der Waals surface area (Å²) in [4.78, 5) is 13.5. The van der Waals surface area contributed by atoms with Gasteiger partial charge in [-0.15, -0.1) is 0 Å². The van der Waals surface area contributed by atoms with Crippen LogP contribution < -0.4 is 4.74 Å². The molecule has 3 heterocycles. The Morgan fingerprint density at radius 1 is 1.17 bits per heavy atom. The number of rotatable bonds is 9. The first-order valence-corrected chi connectivity index (χ1v) is 14.1. The van der Waals surface area contributed by atoms with Crippen molar-refractivity contribution in [1.29, 1.82) is 0 Å². The van der Waals surface area contributed by atoms with E-state index < -0.39 is 52.4 Å². The fourth-order valence-corrected chi connectivity index (χ4v) is 6.45. The summed E-state index contributed by atoms with van der Waals surface area (Å²) in [5.74, 6) is -1.12. The highest BCUT2D eigenvalue weighted by molar-refractivity contribution is 7.89. The zero-order valence-corrected chi connectivity index (χ0v) is 22.2. The standard InChI is InChI=1S/C25H37NO9S/c1-5-6-14-32-24(27)21-23(33-20-9-7-8-15-31-20)22-19(34-25(2,3)35-22)16-26(21)36(28,29)18-12-10-17(30-4)11-13-18/h10-13,19-23H,5-9,14-16H2,1-4H3/t19-,20?,21+,22+,23-/m0/s1. The van der Waals surface area contributed by atoms with E-state index in [2.05, 4.69) is 0 Å². The third-order valence-corrected chi connectivity index (χ3v) is 8.48. The lowest BCUT2D eigenvalue weighted by Gasteiger charge is -2.44. The Kier molecular flexibility index (Phi) is 8.58. The molecule has 11 heteroatoms. The third kappa shape index (κ3) is 5.87. The number of sulfonamides is 1. The summed E-state index contributed by atoms with van der Waals surface area (Å²) in [6.07, 6.45) is 1.11. The molecule has 10 nitrogen and oxygen atoms in total. The number of esters is 1. The monoisotopic (exact) mass is 527 g/mol. The molecule has 3 fully saturated rings. The predicted octanol–water partition coefficient (Wildman–Crippen LogP) is 2.84. The minimum Gasteiger partial charge on any atom is -0.497 e. The number of hydrogen-bond donors (Lipinski definition) is 0. The Bertz CT molecular complexity index is 991. The van der Waals surface area contributed by atoms with E-state index in [4.69, 9.17) is 28.4 Å². The van der Waals surface area contributed by atoms with Crippen LogP contribution in [0.15, 0.2) is 29.2 Å². The van der Waals surface area contributed by atoms with Crippen molar-refractivity contribution in [3.05, 3.63) is 24.3 Å². The summed E-state index contributed by atoms with van der Waals surface area (Å²) in [5.41, 5.74) is 0. The van der Waals surface area contributed by atoms with Crippen molar-refractivity contribution >= 4 is 16.0 Å². The Hall–Kier alpha value is -1.76. The van der Waals surface area contributed by atoms with Crippen LogP contribution in [0, 0.1) is 0 Å². The maximum atomic E-state index is 13.9. The van der Waals surface area contributed by atoms with E-state index in [1.54, 1.807) is 26.0 Å². The van der Waals surface area contributed by atoms with Gasteiger partial charge in [0.15, 0.2) is 18.1 Å². The minimum atomic E-state index is -4.14. The molecule has 0 spiro atoms. The van der Waals surface area contributed by atoms with Gasteiger partial charge in [-0.3, -0.25) is 4.79 Å². The van der Waals surface area contributed by atoms with E-state index in [0.717, 1.165) is 23.6 Å². The fourth-order valence-electron chi connectivity index (χ4n) is 4.85. The van der Waals surface area contributed by atoms with Crippen LogP contribution in [-0.2, 0) is 38.5 Å². The maximum absolute atomic E-state index is 13.9. The topological polar surface area (TPSA) is 110 Å². The van der Waals surface area contributed by atoms with E-state index in [0.29, 0.717) is 25.2 Å². The molecule has 0 amide bonds. The summed E-state index contributed by atoms with van der Waals surface area (Å²) < 4.78 is 64.0. The van der Waals surface area contributed by atoms with Crippen LogP contribution >= 0.6 is 0 Å². The van der Waals surface area contributed by atoms with Gasteiger partial charge >= 0.3 is 5.97 Å². The van der Waals surface area contributed by atoms with Crippen molar-refractivity contribution in [2.45, 2.75) is 94.2 Å². The van der Waals surface area contributed by atoms with Crippen molar-refractivity contribution in [3.63, 3.8) is 0 Å². The molecule has 0 radical (unpaired) electrons. The second kappa shape index (κ2) is 11.3.